The Morgan fingerprint density at radius 1 is 1.15 bits per heavy atom. The molecule has 2 aromatic carbocycles. The molecule has 2 nitrogen and oxygen atoms in total. The van der Waals surface area contributed by atoms with Crippen molar-refractivity contribution >= 4 is 23.3 Å². The van der Waals surface area contributed by atoms with Crippen molar-refractivity contribution in [2.45, 2.75) is 46.0 Å². The third kappa shape index (κ3) is 7.72. The molecule has 0 saturated carbocycles. The van der Waals surface area contributed by atoms with E-state index in [1.54, 1.807) is 13.0 Å². The first-order chi connectivity index (χ1) is 16.2. The summed E-state index contributed by atoms with van der Waals surface area (Å²) in [6.07, 6.45) is 9.14. The van der Waals surface area contributed by atoms with Gasteiger partial charge in [-0.25, -0.2) is 4.39 Å². The third-order valence-corrected chi connectivity index (χ3v) is 6.61. The second kappa shape index (κ2) is 13.3. The molecule has 0 bridgehead atoms. The number of allylic oxidation sites excluding steroid dienone is 5. The maximum absolute atomic E-state index is 14.0. The Balaban J connectivity index is 0.000000589. The molecule has 0 amide bonds. The number of halogens is 2. The lowest BCUT2D eigenvalue weighted by atomic mass is 9.88. The molecule has 34 heavy (non-hydrogen) atoms. The lowest BCUT2D eigenvalue weighted by molar-refractivity contribution is 0.418. The molecule has 2 aromatic rings. The Labute approximate surface area is 210 Å². The molecule has 1 fully saturated rings. The van der Waals surface area contributed by atoms with Crippen LogP contribution in [0, 0.1) is 12.7 Å². The van der Waals surface area contributed by atoms with Crippen molar-refractivity contribution in [2.24, 2.45) is 5.73 Å². The molecule has 1 heterocycles. The van der Waals surface area contributed by atoms with Gasteiger partial charge in [0, 0.05) is 10.7 Å². The van der Waals surface area contributed by atoms with Gasteiger partial charge in [-0.05, 0) is 111 Å². The largest absolute Gasteiger partial charge is 0.402 e. The summed E-state index contributed by atoms with van der Waals surface area (Å²) >= 11 is 6.36. The van der Waals surface area contributed by atoms with Gasteiger partial charge in [-0.1, -0.05) is 68.1 Å². The Hall–Kier alpha value is -2.62. The van der Waals surface area contributed by atoms with Crippen LogP contribution >= 0.6 is 11.6 Å². The molecule has 2 N–H and O–H groups in total. The quantitative estimate of drug-likeness (QED) is 0.405. The van der Waals surface area contributed by atoms with E-state index in [2.05, 4.69) is 25.1 Å². The van der Waals surface area contributed by atoms with Crippen molar-refractivity contribution in [3.8, 4) is 0 Å². The Morgan fingerprint density at radius 2 is 1.76 bits per heavy atom. The summed E-state index contributed by atoms with van der Waals surface area (Å²) in [7, 11) is 2.17. The van der Waals surface area contributed by atoms with Crippen LogP contribution in [0.3, 0.4) is 0 Å². The van der Waals surface area contributed by atoms with Crippen LogP contribution in [0.2, 0.25) is 5.02 Å². The molecule has 0 spiro atoms. The van der Waals surface area contributed by atoms with Crippen LogP contribution < -0.4 is 5.73 Å². The second-order valence-electron chi connectivity index (χ2n) is 9.02. The Bertz CT molecular complexity index is 1040. The van der Waals surface area contributed by atoms with E-state index in [4.69, 9.17) is 17.3 Å². The van der Waals surface area contributed by atoms with Crippen molar-refractivity contribution in [3.05, 3.63) is 106 Å². The van der Waals surface area contributed by atoms with E-state index in [-0.39, 0.29) is 11.7 Å². The number of hydrogen-bond donors (Lipinski definition) is 1. The van der Waals surface area contributed by atoms with E-state index < -0.39 is 0 Å². The van der Waals surface area contributed by atoms with Gasteiger partial charge < -0.3 is 10.6 Å². The summed E-state index contributed by atoms with van der Waals surface area (Å²) in [5, 5.41) is 0.577. The first kappa shape index (κ1) is 27.6. The molecule has 1 saturated heterocycles. The van der Waals surface area contributed by atoms with Crippen LogP contribution in [0.15, 0.2) is 73.0 Å². The van der Waals surface area contributed by atoms with Crippen molar-refractivity contribution in [1.29, 1.82) is 0 Å². The van der Waals surface area contributed by atoms with Crippen molar-refractivity contribution in [3.63, 3.8) is 0 Å². The summed E-state index contributed by atoms with van der Waals surface area (Å²) in [5.74, 6) is -0.229. The molecular weight excluding hydrogens is 443 g/mol. The van der Waals surface area contributed by atoms with Gasteiger partial charge in [-0.15, -0.1) is 0 Å². The molecular formula is C30H38ClFN2. The number of nitrogens with zero attached hydrogens (tertiary/aromatic N) is 1. The minimum atomic E-state index is -0.245. The van der Waals surface area contributed by atoms with Gasteiger partial charge in [0.2, 0.25) is 0 Å². The van der Waals surface area contributed by atoms with E-state index in [0.717, 1.165) is 33.5 Å². The van der Waals surface area contributed by atoms with Crippen LogP contribution in [-0.4, -0.2) is 25.0 Å². The summed E-state index contributed by atoms with van der Waals surface area (Å²) in [6.45, 7) is 16.0. The lowest BCUT2D eigenvalue weighted by Gasteiger charge is -2.19. The van der Waals surface area contributed by atoms with Gasteiger partial charge in [0.15, 0.2) is 0 Å². The van der Waals surface area contributed by atoms with E-state index in [1.165, 1.54) is 32.0 Å². The zero-order valence-corrected chi connectivity index (χ0v) is 21.8. The van der Waals surface area contributed by atoms with Crippen LogP contribution in [0.1, 0.15) is 61.3 Å². The highest BCUT2D eigenvalue weighted by molar-refractivity contribution is 6.31. The fraction of sp³-hybridized carbons (Fsp3) is 0.333. The highest BCUT2D eigenvalue weighted by Gasteiger charge is 2.17. The van der Waals surface area contributed by atoms with Crippen molar-refractivity contribution < 1.29 is 4.39 Å². The molecule has 182 valence electrons. The Kier molecular flexibility index (Phi) is 10.8. The maximum Gasteiger partial charge on any atom is 0.126 e. The standard InChI is InChI=1S/C25H27ClFN.C5H11N/c1-6-19-8-10-21(11-9-19)20(7-2)15-22(18(5)28)14-16(3)25-17(4)24(27)13-12-23(25)26;1-6-4-2-3-5-6/h6-13,15-16H,1-2,14,28H2,3-5H3;2-5H2,1H3/b20-15+,22-18+;. The normalized spacial score (nSPS) is 15.8. The fourth-order valence-electron chi connectivity index (χ4n) is 4.17. The molecule has 1 unspecified atom stereocenters. The van der Waals surface area contributed by atoms with Crippen molar-refractivity contribution in [2.75, 3.05) is 20.1 Å². The van der Waals surface area contributed by atoms with Crippen LogP contribution in [0.4, 0.5) is 4.39 Å². The molecule has 0 aromatic heterocycles. The number of rotatable bonds is 7. The van der Waals surface area contributed by atoms with Gasteiger partial charge in [-0.3, -0.25) is 0 Å². The highest BCUT2D eigenvalue weighted by Crippen LogP contribution is 2.34. The van der Waals surface area contributed by atoms with Crippen LogP contribution in [-0.2, 0) is 0 Å². The van der Waals surface area contributed by atoms with E-state index >= 15 is 0 Å². The van der Waals surface area contributed by atoms with E-state index in [1.807, 2.05) is 56.3 Å². The minimum Gasteiger partial charge on any atom is -0.402 e. The van der Waals surface area contributed by atoms with Gasteiger partial charge in [0.25, 0.3) is 0 Å². The maximum atomic E-state index is 14.0. The highest BCUT2D eigenvalue weighted by atomic mass is 35.5. The van der Waals surface area contributed by atoms with Crippen molar-refractivity contribution in [1.82, 2.24) is 4.90 Å². The average molecular weight is 481 g/mol. The molecule has 1 aliphatic heterocycles. The summed E-state index contributed by atoms with van der Waals surface area (Å²) < 4.78 is 14.0. The molecule has 3 rings (SSSR count). The number of nitrogens with two attached hydrogens (primary N) is 1. The van der Waals surface area contributed by atoms with Gasteiger partial charge in [-0.2, -0.15) is 0 Å². The Morgan fingerprint density at radius 3 is 2.24 bits per heavy atom. The zero-order chi connectivity index (χ0) is 25.3. The van der Waals surface area contributed by atoms with E-state index in [0.29, 0.717) is 17.0 Å². The first-order valence-corrected chi connectivity index (χ1v) is 12.2. The third-order valence-electron chi connectivity index (χ3n) is 6.28. The smallest absolute Gasteiger partial charge is 0.126 e. The van der Waals surface area contributed by atoms with Gasteiger partial charge >= 0.3 is 0 Å². The minimum absolute atomic E-state index is 0.0159. The first-order valence-electron chi connectivity index (χ1n) is 11.8. The van der Waals surface area contributed by atoms with Crippen LogP contribution in [0.25, 0.3) is 11.6 Å². The zero-order valence-electron chi connectivity index (χ0n) is 21.0. The van der Waals surface area contributed by atoms with E-state index in [9.17, 15) is 4.39 Å². The molecule has 1 aliphatic rings. The number of hydrogen-bond acceptors (Lipinski definition) is 2. The van der Waals surface area contributed by atoms with Gasteiger partial charge in [0.05, 0.1) is 0 Å². The second-order valence-corrected chi connectivity index (χ2v) is 9.43. The number of likely N-dealkylation sites (tertiary alicyclic amines) is 1. The fourth-order valence-corrected chi connectivity index (χ4v) is 4.57. The predicted molar refractivity (Wildman–Crippen MR) is 148 cm³/mol. The summed E-state index contributed by atoms with van der Waals surface area (Å²) in [5.41, 5.74) is 12.4. The lowest BCUT2D eigenvalue weighted by Crippen LogP contribution is -2.10. The summed E-state index contributed by atoms with van der Waals surface area (Å²) in [6, 6.07) is 11.1. The topological polar surface area (TPSA) is 29.3 Å². The van der Waals surface area contributed by atoms with Crippen LogP contribution in [0.5, 0.6) is 0 Å². The molecule has 0 radical (unpaired) electrons. The molecule has 4 heteroatoms. The monoisotopic (exact) mass is 480 g/mol. The average Bonchev–Trinajstić information content (AvgIpc) is 3.30. The van der Waals surface area contributed by atoms with Gasteiger partial charge in [0.1, 0.15) is 5.82 Å². The predicted octanol–water partition coefficient (Wildman–Crippen LogP) is 8.14. The number of benzene rings is 2. The molecule has 0 aliphatic carbocycles. The molecule has 1 atom stereocenters. The summed E-state index contributed by atoms with van der Waals surface area (Å²) in [4.78, 5) is 2.36. The SMILES string of the molecule is C=C/C(=C\C(CC(C)c1c(Cl)ccc(F)c1C)=C(/C)N)c1ccc(C=C)cc1.CN1CCCC1.